The largest absolute Gasteiger partial charge is 0.469 e. The molecule has 0 amide bonds. The Morgan fingerprint density at radius 2 is 2.38 bits per heavy atom. The molecule has 0 aliphatic carbocycles. The van der Waals surface area contributed by atoms with E-state index in [0.29, 0.717) is 17.3 Å². The molecule has 1 unspecified atom stereocenters. The van der Waals surface area contributed by atoms with Crippen LogP contribution in [0.1, 0.15) is 24.9 Å². The molecule has 3 aromatic heterocycles. The van der Waals surface area contributed by atoms with Crippen LogP contribution in [-0.2, 0) is 6.42 Å². The highest BCUT2D eigenvalue weighted by Gasteiger charge is 2.09. The van der Waals surface area contributed by atoms with Gasteiger partial charge >= 0.3 is 5.69 Å². The minimum Gasteiger partial charge on any atom is -0.469 e. The van der Waals surface area contributed by atoms with Gasteiger partial charge in [-0.15, -0.1) is 0 Å². The monoisotopic (exact) mass is 287 g/mol. The summed E-state index contributed by atoms with van der Waals surface area (Å²) < 4.78 is 6.76. The lowest BCUT2D eigenvalue weighted by molar-refractivity contribution is 0.495. The Balaban J connectivity index is 1.71. The number of fused-ring (bicyclic) bond motifs is 1. The van der Waals surface area contributed by atoms with Crippen molar-refractivity contribution in [3.8, 4) is 0 Å². The first-order chi connectivity index (χ1) is 10.1. The van der Waals surface area contributed by atoms with Crippen LogP contribution in [0.5, 0.6) is 0 Å². The van der Waals surface area contributed by atoms with Gasteiger partial charge in [0.25, 0.3) is 0 Å². The summed E-state index contributed by atoms with van der Waals surface area (Å²) in [6, 6.07) is 5.85. The highest BCUT2D eigenvalue weighted by atomic mass is 16.3. The topological polar surface area (TPSA) is 88.2 Å². The van der Waals surface area contributed by atoms with Gasteiger partial charge in [0.1, 0.15) is 17.4 Å². The van der Waals surface area contributed by atoms with Gasteiger partial charge in [-0.05, 0) is 32.4 Å². The summed E-state index contributed by atoms with van der Waals surface area (Å²) in [7, 11) is 0. The summed E-state index contributed by atoms with van der Waals surface area (Å²) >= 11 is 0. The van der Waals surface area contributed by atoms with Gasteiger partial charge in [-0.2, -0.15) is 5.10 Å². The molecule has 3 heterocycles. The average Bonchev–Trinajstić information content (AvgIpc) is 3.06. The number of hydrogen-bond donors (Lipinski definition) is 2. The number of nitrogens with one attached hydrogen (secondary N) is 2. The van der Waals surface area contributed by atoms with Gasteiger partial charge in [0, 0.05) is 18.5 Å². The highest BCUT2D eigenvalue weighted by Crippen LogP contribution is 2.12. The normalized spacial score (nSPS) is 12.7. The molecule has 21 heavy (non-hydrogen) atoms. The molecule has 0 aliphatic rings. The fourth-order valence-corrected chi connectivity index (χ4v) is 2.31. The molecule has 0 fully saturated rings. The van der Waals surface area contributed by atoms with Crippen molar-refractivity contribution in [3.63, 3.8) is 0 Å². The Morgan fingerprint density at radius 3 is 3.14 bits per heavy atom. The number of aromatic nitrogens is 4. The lowest BCUT2D eigenvalue weighted by Crippen LogP contribution is -2.19. The molecule has 7 heteroatoms. The van der Waals surface area contributed by atoms with Crippen LogP contribution in [0, 0.1) is 6.92 Å². The first kappa shape index (κ1) is 13.4. The van der Waals surface area contributed by atoms with Crippen LogP contribution in [0.25, 0.3) is 5.65 Å². The fraction of sp³-hybridized carbons (Fsp3) is 0.357. The molecule has 110 valence electrons. The van der Waals surface area contributed by atoms with Crippen molar-refractivity contribution < 1.29 is 4.42 Å². The predicted molar refractivity (Wildman–Crippen MR) is 78.5 cm³/mol. The summed E-state index contributed by atoms with van der Waals surface area (Å²) in [6.45, 7) is 3.86. The van der Waals surface area contributed by atoms with Crippen molar-refractivity contribution >= 4 is 11.5 Å². The number of hydrogen-bond acceptors (Lipinski definition) is 5. The van der Waals surface area contributed by atoms with Crippen LogP contribution in [-0.4, -0.2) is 25.6 Å². The van der Waals surface area contributed by atoms with Crippen LogP contribution in [0.4, 0.5) is 5.82 Å². The van der Waals surface area contributed by atoms with Crippen molar-refractivity contribution in [2.24, 2.45) is 0 Å². The number of nitrogens with zero attached hydrogens (tertiary/aromatic N) is 3. The number of aryl methyl sites for hydroxylation is 2. The van der Waals surface area contributed by atoms with Gasteiger partial charge < -0.3 is 9.73 Å². The van der Waals surface area contributed by atoms with Gasteiger partial charge in [0.2, 0.25) is 0 Å². The van der Waals surface area contributed by atoms with E-state index in [1.54, 1.807) is 19.3 Å². The molecule has 0 saturated heterocycles. The van der Waals surface area contributed by atoms with Crippen LogP contribution >= 0.6 is 0 Å². The van der Waals surface area contributed by atoms with Crippen molar-refractivity contribution in [1.82, 2.24) is 19.6 Å². The second-order valence-corrected chi connectivity index (χ2v) is 5.07. The molecule has 2 N–H and O–H groups in total. The van der Waals surface area contributed by atoms with Gasteiger partial charge in [-0.25, -0.2) is 19.3 Å². The van der Waals surface area contributed by atoms with E-state index in [1.807, 2.05) is 12.1 Å². The van der Waals surface area contributed by atoms with E-state index in [4.69, 9.17) is 4.42 Å². The SMILES string of the molecule is Cc1nc(NC(C)CCc2ccco2)cc2n[nH]c(=O)n12. The van der Waals surface area contributed by atoms with E-state index in [9.17, 15) is 4.79 Å². The minimum atomic E-state index is -0.271. The Hall–Kier alpha value is -2.57. The maximum atomic E-state index is 11.5. The summed E-state index contributed by atoms with van der Waals surface area (Å²) in [5.41, 5.74) is 0.292. The second-order valence-electron chi connectivity index (χ2n) is 5.07. The Morgan fingerprint density at radius 1 is 1.52 bits per heavy atom. The zero-order chi connectivity index (χ0) is 14.8. The zero-order valence-electron chi connectivity index (χ0n) is 12.0. The first-order valence-corrected chi connectivity index (χ1v) is 6.87. The molecular weight excluding hydrogens is 270 g/mol. The van der Waals surface area contributed by atoms with Crippen molar-refractivity contribution in [2.75, 3.05) is 5.32 Å². The molecule has 3 rings (SSSR count). The Labute approximate surface area is 121 Å². The molecule has 0 spiro atoms. The smallest absolute Gasteiger partial charge is 0.349 e. The predicted octanol–water partition coefficient (Wildman–Crippen LogP) is 1.75. The number of aromatic amines is 1. The summed E-state index contributed by atoms with van der Waals surface area (Å²) in [4.78, 5) is 15.9. The van der Waals surface area contributed by atoms with Crippen molar-refractivity contribution in [3.05, 3.63) is 46.5 Å². The third-order valence-electron chi connectivity index (χ3n) is 3.37. The standard InChI is InChI=1S/C14H17N5O2/c1-9(5-6-11-4-3-7-21-11)15-12-8-13-17-18-14(20)19(13)10(2)16-12/h3-4,7-9,15H,5-6H2,1-2H3,(H,18,20). The third kappa shape index (κ3) is 2.81. The lowest BCUT2D eigenvalue weighted by Gasteiger charge is -2.14. The van der Waals surface area contributed by atoms with E-state index >= 15 is 0 Å². The minimum absolute atomic E-state index is 0.232. The molecular formula is C14H17N5O2. The molecule has 0 radical (unpaired) electrons. The van der Waals surface area contributed by atoms with E-state index in [0.717, 1.165) is 18.6 Å². The molecule has 0 aliphatic heterocycles. The maximum absolute atomic E-state index is 11.5. The molecule has 0 saturated carbocycles. The van der Waals surface area contributed by atoms with Gasteiger partial charge in [-0.1, -0.05) is 0 Å². The van der Waals surface area contributed by atoms with Crippen LogP contribution in [0.15, 0.2) is 33.7 Å². The Kier molecular flexibility index (Phi) is 3.47. The summed E-state index contributed by atoms with van der Waals surface area (Å²) in [5.74, 6) is 2.29. The fourth-order valence-electron chi connectivity index (χ4n) is 2.31. The molecule has 1 atom stereocenters. The lowest BCUT2D eigenvalue weighted by atomic mass is 10.1. The zero-order valence-corrected chi connectivity index (χ0v) is 12.0. The first-order valence-electron chi connectivity index (χ1n) is 6.87. The van der Waals surface area contributed by atoms with E-state index in [-0.39, 0.29) is 11.7 Å². The van der Waals surface area contributed by atoms with E-state index in [2.05, 4.69) is 27.4 Å². The second kappa shape index (κ2) is 5.43. The number of furan rings is 1. The molecule has 3 aromatic rings. The maximum Gasteiger partial charge on any atom is 0.349 e. The quantitative estimate of drug-likeness (QED) is 0.746. The average molecular weight is 287 g/mol. The van der Waals surface area contributed by atoms with Gasteiger partial charge in [-0.3, -0.25) is 0 Å². The molecule has 7 nitrogen and oxygen atoms in total. The Bertz CT molecular complexity index is 787. The van der Waals surface area contributed by atoms with Crippen LogP contribution in [0.2, 0.25) is 0 Å². The van der Waals surface area contributed by atoms with Crippen LogP contribution in [0.3, 0.4) is 0 Å². The number of H-pyrrole nitrogens is 1. The summed E-state index contributed by atoms with van der Waals surface area (Å²) in [5, 5.41) is 9.71. The molecule has 0 bridgehead atoms. The number of rotatable bonds is 5. The third-order valence-corrected chi connectivity index (χ3v) is 3.37. The summed E-state index contributed by atoms with van der Waals surface area (Å²) in [6.07, 6.45) is 3.47. The van der Waals surface area contributed by atoms with E-state index in [1.165, 1.54) is 4.40 Å². The number of anilines is 1. The van der Waals surface area contributed by atoms with Crippen LogP contribution < -0.4 is 11.0 Å². The van der Waals surface area contributed by atoms with Crippen molar-refractivity contribution in [2.45, 2.75) is 32.7 Å². The van der Waals surface area contributed by atoms with Gasteiger partial charge in [0.05, 0.1) is 6.26 Å². The van der Waals surface area contributed by atoms with Gasteiger partial charge in [0.15, 0.2) is 5.65 Å². The molecule has 0 aromatic carbocycles. The van der Waals surface area contributed by atoms with E-state index < -0.39 is 0 Å². The highest BCUT2D eigenvalue weighted by molar-refractivity contribution is 5.50. The van der Waals surface area contributed by atoms with Crippen molar-refractivity contribution in [1.29, 1.82) is 0 Å².